The van der Waals surface area contributed by atoms with Crippen molar-refractivity contribution in [2.45, 2.75) is 6.61 Å². The average molecular weight is 358 g/mol. The number of ether oxygens (including phenoxy) is 1. The molecule has 0 atom stereocenters. The van der Waals surface area contributed by atoms with Crippen LogP contribution in [0.1, 0.15) is 15.9 Å². The van der Waals surface area contributed by atoms with E-state index < -0.39 is 0 Å². The largest absolute Gasteiger partial charge is 0.482 e. The highest BCUT2D eigenvalue weighted by Crippen LogP contribution is 2.17. The van der Waals surface area contributed by atoms with Crippen LogP contribution in [-0.4, -0.2) is 15.0 Å². The van der Waals surface area contributed by atoms with E-state index in [9.17, 15) is 9.59 Å². The lowest BCUT2D eigenvalue weighted by atomic mass is 10.2. The minimum atomic E-state index is -0.373. The maximum atomic E-state index is 12.7. The molecule has 3 aromatic rings. The minimum Gasteiger partial charge on any atom is -0.482 e. The molecular formula is C17H14N2O3S2. The van der Waals surface area contributed by atoms with E-state index in [0.29, 0.717) is 3.95 Å². The third-order valence-electron chi connectivity index (χ3n) is 3.47. The molecule has 0 bridgehead atoms. The van der Waals surface area contributed by atoms with Crippen molar-refractivity contribution in [1.29, 1.82) is 0 Å². The van der Waals surface area contributed by atoms with E-state index in [-0.39, 0.29) is 29.4 Å². The molecule has 0 fully saturated rings. The Balaban J connectivity index is 1.99. The van der Waals surface area contributed by atoms with E-state index >= 15 is 0 Å². The number of carbonyl (C=O) groups excluding carboxylic acids is 1. The third-order valence-corrected chi connectivity index (χ3v) is 4.62. The average Bonchev–Trinajstić information content (AvgIpc) is 3.02. The number of thiazole rings is 1. The van der Waals surface area contributed by atoms with Crippen molar-refractivity contribution in [3.05, 3.63) is 79.6 Å². The van der Waals surface area contributed by atoms with E-state index in [1.165, 1.54) is 20.5 Å². The van der Waals surface area contributed by atoms with Crippen LogP contribution in [0.15, 0.2) is 59.0 Å². The van der Waals surface area contributed by atoms with Gasteiger partial charge in [0.15, 0.2) is 9.70 Å². The highest BCUT2D eigenvalue weighted by molar-refractivity contribution is 7.73. The van der Waals surface area contributed by atoms with Gasteiger partial charge in [0.2, 0.25) is 0 Å². The Morgan fingerprint density at radius 2 is 1.96 bits per heavy atom. The number of hydrogen-bond donors (Lipinski definition) is 0. The van der Waals surface area contributed by atoms with Crippen molar-refractivity contribution < 1.29 is 9.53 Å². The van der Waals surface area contributed by atoms with E-state index in [4.69, 9.17) is 17.0 Å². The first-order valence-electron chi connectivity index (χ1n) is 7.15. The Morgan fingerprint density at radius 3 is 2.62 bits per heavy atom. The fraction of sp³-hybridized carbons (Fsp3) is 0.118. The molecule has 0 saturated carbocycles. The van der Waals surface area contributed by atoms with Crippen LogP contribution in [0.2, 0.25) is 0 Å². The van der Waals surface area contributed by atoms with Crippen LogP contribution in [0.4, 0.5) is 0 Å². The fourth-order valence-corrected chi connectivity index (χ4v) is 3.06. The van der Waals surface area contributed by atoms with Crippen LogP contribution < -0.4 is 10.3 Å². The predicted molar refractivity (Wildman–Crippen MR) is 95.3 cm³/mol. The van der Waals surface area contributed by atoms with Crippen LogP contribution in [0.25, 0.3) is 0 Å². The SMILES string of the molecule is Cn1ccc(C(=O)n2ccsc2=S)c(OCc2ccccc2)c1=O. The molecule has 3 rings (SSSR count). The summed E-state index contributed by atoms with van der Waals surface area (Å²) in [7, 11) is 1.61. The van der Waals surface area contributed by atoms with Crippen LogP contribution >= 0.6 is 23.6 Å². The minimum absolute atomic E-state index is 0.0296. The molecule has 2 heterocycles. The lowest BCUT2D eigenvalue weighted by Gasteiger charge is -2.12. The molecule has 122 valence electrons. The molecule has 0 saturated heterocycles. The first-order chi connectivity index (χ1) is 11.6. The number of pyridine rings is 1. The maximum absolute atomic E-state index is 12.7. The summed E-state index contributed by atoms with van der Waals surface area (Å²) in [6, 6.07) is 11.0. The van der Waals surface area contributed by atoms with Gasteiger partial charge in [-0.3, -0.25) is 14.2 Å². The Labute approximate surface area is 147 Å². The van der Waals surface area contributed by atoms with Gasteiger partial charge in [-0.25, -0.2) is 0 Å². The Bertz CT molecular complexity index is 987. The Morgan fingerprint density at radius 1 is 1.21 bits per heavy atom. The number of nitrogens with zero attached hydrogens (tertiary/aromatic N) is 2. The summed E-state index contributed by atoms with van der Waals surface area (Å²) < 4.78 is 8.84. The van der Waals surface area contributed by atoms with Gasteiger partial charge >= 0.3 is 0 Å². The van der Waals surface area contributed by atoms with Gasteiger partial charge in [-0.1, -0.05) is 30.3 Å². The molecule has 0 aliphatic rings. The van der Waals surface area contributed by atoms with Gasteiger partial charge in [-0.05, 0) is 23.8 Å². The van der Waals surface area contributed by atoms with Gasteiger partial charge in [0.1, 0.15) is 6.61 Å². The highest BCUT2D eigenvalue weighted by atomic mass is 32.1. The standard InChI is InChI=1S/C17H14N2O3S2/c1-18-8-7-13(15(20)19-9-10-24-17(19)23)14(16(18)21)22-11-12-5-3-2-4-6-12/h2-10H,11H2,1H3. The number of rotatable bonds is 4. The van der Waals surface area contributed by atoms with E-state index in [2.05, 4.69) is 0 Å². The number of hydrogen-bond acceptors (Lipinski definition) is 5. The van der Waals surface area contributed by atoms with Crippen LogP contribution in [0, 0.1) is 3.95 Å². The molecule has 0 radical (unpaired) electrons. The van der Waals surface area contributed by atoms with Crippen molar-refractivity contribution in [1.82, 2.24) is 9.13 Å². The second-order valence-electron chi connectivity index (χ2n) is 5.09. The third kappa shape index (κ3) is 3.22. The van der Waals surface area contributed by atoms with Gasteiger partial charge in [0.25, 0.3) is 11.5 Å². The number of benzene rings is 1. The van der Waals surface area contributed by atoms with Crippen molar-refractivity contribution in [3.63, 3.8) is 0 Å². The lowest BCUT2D eigenvalue weighted by molar-refractivity contribution is 0.0954. The summed E-state index contributed by atoms with van der Waals surface area (Å²) in [5.41, 5.74) is 0.746. The fourth-order valence-electron chi connectivity index (χ4n) is 2.19. The van der Waals surface area contributed by atoms with Crippen molar-refractivity contribution >= 4 is 29.5 Å². The van der Waals surface area contributed by atoms with Crippen molar-refractivity contribution in [2.75, 3.05) is 0 Å². The zero-order chi connectivity index (χ0) is 17.1. The van der Waals surface area contributed by atoms with E-state index in [0.717, 1.165) is 5.56 Å². The second-order valence-corrected chi connectivity index (χ2v) is 6.63. The summed E-state index contributed by atoms with van der Waals surface area (Å²) in [5.74, 6) is -0.344. The number of aromatic nitrogens is 2. The quantitative estimate of drug-likeness (QED) is 0.672. The van der Waals surface area contributed by atoms with E-state index in [1.807, 2.05) is 30.3 Å². The summed E-state index contributed by atoms with van der Waals surface area (Å²) in [6.45, 7) is 0.204. The van der Waals surface area contributed by atoms with Gasteiger partial charge in [-0.15, -0.1) is 11.3 Å². The first kappa shape index (κ1) is 16.4. The first-order valence-corrected chi connectivity index (χ1v) is 8.44. The molecule has 0 spiro atoms. The maximum Gasteiger partial charge on any atom is 0.293 e. The molecule has 24 heavy (non-hydrogen) atoms. The molecule has 0 unspecified atom stereocenters. The topological polar surface area (TPSA) is 53.2 Å². The van der Waals surface area contributed by atoms with Crippen molar-refractivity contribution in [2.24, 2.45) is 7.05 Å². The zero-order valence-electron chi connectivity index (χ0n) is 12.8. The normalized spacial score (nSPS) is 10.5. The highest BCUT2D eigenvalue weighted by Gasteiger charge is 2.19. The molecule has 2 aromatic heterocycles. The summed E-state index contributed by atoms with van der Waals surface area (Å²) >= 11 is 6.42. The van der Waals surface area contributed by atoms with Crippen molar-refractivity contribution in [3.8, 4) is 5.75 Å². The molecule has 0 amide bonds. The summed E-state index contributed by atoms with van der Waals surface area (Å²) in [5, 5.41) is 1.73. The van der Waals surface area contributed by atoms with Gasteiger partial charge in [-0.2, -0.15) is 0 Å². The molecule has 1 aromatic carbocycles. The van der Waals surface area contributed by atoms with E-state index in [1.54, 1.807) is 30.9 Å². The van der Waals surface area contributed by atoms with Crippen LogP contribution in [0.3, 0.4) is 0 Å². The van der Waals surface area contributed by atoms with Crippen LogP contribution in [0.5, 0.6) is 5.75 Å². The number of carbonyl (C=O) groups is 1. The van der Waals surface area contributed by atoms with Gasteiger partial charge in [0, 0.05) is 24.8 Å². The van der Waals surface area contributed by atoms with Crippen LogP contribution in [-0.2, 0) is 13.7 Å². The smallest absolute Gasteiger partial charge is 0.293 e. The molecular weight excluding hydrogens is 344 g/mol. The Kier molecular flexibility index (Phi) is 4.73. The molecule has 7 heteroatoms. The molecule has 5 nitrogen and oxygen atoms in total. The molecule has 0 aliphatic heterocycles. The van der Waals surface area contributed by atoms with Gasteiger partial charge < -0.3 is 9.30 Å². The monoisotopic (exact) mass is 358 g/mol. The predicted octanol–water partition coefficient (Wildman–Crippen LogP) is 3.25. The lowest BCUT2D eigenvalue weighted by Crippen LogP contribution is -2.23. The number of aryl methyl sites for hydroxylation is 1. The van der Waals surface area contributed by atoms with Gasteiger partial charge in [0.05, 0.1) is 5.56 Å². The molecule has 0 N–H and O–H groups in total. The zero-order valence-corrected chi connectivity index (χ0v) is 14.5. The summed E-state index contributed by atoms with van der Waals surface area (Å²) in [4.78, 5) is 25.1. The molecule has 0 aliphatic carbocycles. The Hall–Kier alpha value is -2.51. The summed E-state index contributed by atoms with van der Waals surface area (Å²) in [6.07, 6.45) is 3.13. The second kappa shape index (κ2) is 6.94.